The molecule has 1 aliphatic rings. The first kappa shape index (κ1) is 11.1. The van der Waals surface area contributed by atoms with E-state index in [-0.39, 0.29) is 0 Å². The molecule has 0 spiro atoms. The van der Waals surface area contributed by atoms with Crippen LogP contribution in [-0.4, -0.2) is 16.0 Å². The van der Waals surface area contributed by atoms with Gasteiger partial charge in [0.15, 0.2) is 0 Å². The molecule has 1 aromatic heterocycles. The number of hydrogen-bond donors (Lipinski definition) is 3. The molecule has 16 heavy (non-hydrogen) atoms. The number of aromatic nitrogens is 2. The first-order valence-electron chi connectivity index (χ1n) is 5.86. The molecule has 2 rings (SSSR count). The quantitative estimate of drug-likeness (QED) is 0.536. The highest BCUT2D eigenvalue weighted by Crippen LogP contribution is 2.23. The molecule has 0 bridgehead atoms. The lowest BCUT2D eigenvalue weighted by Crippen LogP contribution is -2.24. The van der Waals surface area contributed by atoms with Crippen molar-refractivity contribution in [3.05, 3.63) is 11.9 Å². The van der Waals surface area contributed by atoms with Gasteiger partial charge < -0.3 is 10.7 Å². The van der Waals surface area contributed by atoms with Crippen LogP contribution in [0.1, 0.15) is 37.7 Å². The third-order valence-corrected chi connectivity index (χ3v) is 3.17. The fourth-order valence-corrected chi connectivity index (χ4v) is 2.18. The van der Waals surface area contributed by atoms with Crippen molar-refractivity contribution in [2.75, 3.05) is 10.7 Å². The van der Waals surface area contributed by atoms with Gasteiger partial charge >= 0.3 is 0 Å². The molecule has 0 aliphatic heterocycles. The van der Waals surface area contributed by atoms with Crippen LogP contribution in [0, 0.1) is 6.92 Å². The highest BCUT2D eigenvalue weighted by Gasteiger charge is 2.15. The third-order valence-electron chi connectivity index (χ3n) is 3.17. The minimum atomic E-state index is 0.549. The Morgan fingerprint density at radius 1 is 1.19 bits per heavy atom. The lowest BCUT2D eigenvalue weighted by atomic mass is 9.95. The first-order valence-corrected chi connectivity index (χ1v) is 5.86. The average molecular weight is 221 g/mol. The van der Waals surface area contributed by atoms with Crippen molar-refractivity contribution < 1.29 is 0 Å². The Morgan fingerprint density at radius 2 is 1.88 bits per heavy atom. The summed E-state index contributed by atoms with van der Waals surface area (Å²) in [5.41, 5.74) is 3.56. The fourth-order valence-electron chi connectivity index (χ4n) is 2.18. The van der Waals surface area contributed by atoms with Gasteiger partial charge in [0.25, 0.3) is 0 Å². The van der Waals surface area contributed by atoms with Crippen LogP contribution in [0.25, 0.3) is 0 Å². The van der Waals surface area contributed by atoms with Crippen molar-refractivity contribution in [3.8, 4) is 0 Å². The maximum Gasteiger partial charge on any atom is 0.148 e. The summed E-state index contributed by atoms with van der Waals surface area (Å²) in [5.74, 6) is 6.97. The number of nitrogens with zero attached hydrogens (tertiary/aromatic N) is 2. The van der Waals surface area contributed by atoms with Crippen LogP contribution < -0.4 is 16.6 Å². The Morgan fingerprint density at radius 3 is 2.56 bits per heavy atom. The first-order chi connectivity index (χ1) is 7.81. The molecule has 1 heterocycles. The molecule has 5 heteroatoms. The Labute approximate surface area is 95.8 Å². The predicted molar refractivity (Wildman–Crippen MR) is 65.1 cm³/mol. The van der Waals surface area contributed by atoms with E-state index in [1.54, 1.807) is 0 Å². The van der Waals surface area contributed by atoms with Crippen LogP contribution in [-0.2, 0) is 0 Å². The van der Waals surface area contributed by atoms with E-state index in [4.69, 9.17) is 5.84 Å². The third kappa shape index (κ3) is 2.41. The second kappa shape index (κ2) is 5.12. The van der Waals surface area contributed by atoms with Crippen molar-refractivity contribution in [2.24, 2.45) is 5.84 Å². The number of nitrogens with one attached hydrogen (secondary N) is 2. The van der Waals surface area contributed by atoms with E-state index in [1.807, 2.05) is 6.92 Å². The molecule has 1 saturated carbocycles. The maximum absolute atomic E-state index is 5.38. The lowest BCUT2D eigenvalue weighted by Gasteiger charge is -2.24. The standard InChI is InChI=1S/C11H19N5/c1-8-10(13-7-14-11(8)16-12)15-9-5-3-2-4-6-9/h7,9H,2-6,12H2,1H3,(H2,13,14,15,16). The van der Waals surface area contributed by atoms with E-state index in [2.05, 4.69) is 20.7 Å². The van der Waals surface area contributed by atoms with Crippen molar-refractivity contribution in [1.82, 2.24) is 9.97 Å². The molecule has 0 saturated heterocycles. The molecule has 1 aromatic rings. The van der Waals surface area contributed by atoms with Gasteiger partial charge in [-0.15, -0.1) is 0 Å². The molecule has 1 aliphatic carbocycles. The van der Waals surface area contributed by atoms with Gasteiger partial charge in [0.1, 0.15) is 18.0 Å². The van der Waals surface area contributed by atoms with Gasteiger partial charge in [0.2, 0.25) is 0 Å². The Kier molecular flexibility index (Phi) is 3.56. The van der Waals surface area contributed by atoms with E-state index in [9.17, 15) is 0 Å². The Balaban J connectivity index is 2.08. The summed E-state index contributed by atoms with van der Waals surface area (Å²) in [5, 5.41) is 3.48. The zero-order valence-corrected chi connectivity index (χ0v) is 9.66. The van der Waals surface area contributed by atoms with Crippen LogP contribution in [0.4, 0.5) is 11.6 Å². The number of hydrogen-bond acceptors (Lipinski definition) is 5. The molecule has 5 nitrogen and oxygen atoms in total. The van der Waals surface area contributed by atoms with Crippen LogP contribution in [0.5, 0.6) is 0 Å². The van der Waals surface area contributed by atoms with Crippen LogP contribution >= 0.6 is 0 Å². The largest absolute Gasteiger partial charge is 0.367 e. The number of hydrazine groups is 1. The molecular weight excluding hydrogens is 202 g/mol. The van der Waals surface area contributed by atoms with E-state index < -0.39 is 0 Å². The maximum atomic E-state index is 5.38. The number of anilines is 2. The van der Waals surface area contributed by atoms with Gasteiger partial charge in [-0.3, -0.25) is 0 Å². The highest BCUT2D eigenvalue weighted by atomic mass is 15.3. The van der Waals surface area contributed by atoms with E-state index in [0.717, 1.165) is 11.4 Å². The molecule has 0 atom stereocenters. The Bertz CT molecular complexity index is 346. The summed E-state index contributed by atoms with van der Waals surface area (Å²) in [7, 11) is 0. The molecular formula is C11H19N5. The van der Waals surface area contributed by atoms with Crippen molar-refractivity contribution >= 4 is 11.6 Å². The highest BCUT2D eigenvalue weighted by molar-refractivity contribution is 5.56. The van der Waals surface area contributed by atoms with Crippen LogP contribution in [0.2, 0.25) is 0 Å². The van der Waals surface area contributed by atoms with E-state index in [0.29, 0.717) is 11.9 Å². The van der Waals surface area contributed by atoms with Crippen LogP contribution in [0.15, 0.2) is 6.33 Å². The van der Waals surface area contributed by atoms with Gasteiger partial charge in [-0.05, 0) is 19.8 Å². The normalized spacial score (nSPS) is 17.1. The summed E-state index contributed by atoms with van der Waals surface area (Å²) in [6.07, 6.45) is 7.97. The Hall–Kier alpha value is -1.36. The van der Waals surface area contributed by atoms with E-state index >= 15 is 0 Å². The molecule has 1 fully saturated rings. The average Bonchev–Trinajstić information content (AvgIpc) is 2.33. The van der Waals surface area contributed by atoms with Crippen LogP contribution in [0.3, 0.4) is 0 Å². The lowest BCUT2D eigenvalue weighted by molar-refractivity contribution is 0.461. The SMILES string of the molecule is Cc1c(NN)ncnc1NC1CCCCC1. The van der Waals surface area contributed by atoms with Gasteiger partial charge in [-0.25, -0.2) is 15.8 Å². The zero-order chi connectivity index (χ0) is 11.4. The van der Waals surface area contributed by atoms with Crippen molar-refractivity contribution in [2.45, 2.75) is 45.1 Å². The molecule has 88 valence electrons. The number of nitrogen functional groups attached to an aromatic ring is 1. The number of nitrogens with two attached hydrogens (primary N) is 1. The van der Waals surface area contributed by atoms with Gasteiger partial charge in [-0.1, -0.05) is 19.3 Å². The number of rotatable bonds is 3. The monoisotopic (exact) mass is 221 g/mol. The summed E-state index contributed by atoms with van der Waals surface area (Å²) >= 11 is 0. The second-order valence-corrected chi connectivity index (χ2v) is 4.32. The van der Waals surface area contributed by atoms with Crippen molar-refractivity contribution in [1.29, 1.82) is 0 Å². The minimum Gasteiger partial charge on any atom is -0.367 e. The predicted octanol–water partition coefficient (Wildman–Crippen LogP) is 1.82. The van der Waals surface area contributed by atoms with Gasteiger partial charge in [0.05, 0.1) is 0 Å². The molecule has 0 unspecified atom stereocenters. The van der Waals surface area contributed by atoms with Gasteiger partial charge in [0, 0.05) is 11.6 Å². The zero-order valence-electron chi connectivity index (χ0n) is 9.66. The minimum absolute atomic E-state index is 0.549. The molecule has 4 N–H and O–H groups in total. The summed E-state index contributed by atoms with van der Waals surface area (Å²) < 4.78 is 0. The summed E-state index contributed by atoms with van der Waals surface area (Å²) in [6, 6.07) is 0.549. The molecule has 0 radical (unpaired) electrons. The smallest absolute Gasteiger partial charge is 0.148 e. The molecule has 0 aromatic carbocycles. The second-order valence-electron chi connectivity index (χ2n) is 4.32. The van der Waals surface area contributed by atoms with Crippen molar-refractivity contribution in [3.63, 3.8) is 0 Å². The van der Waals surface area contributed by atoms with E-state index in [1.165, 1.54) is 38.4 Å². The van der Waals surface area contributed by atoms with Gasteiger partial charge in [-0.2, -0.15) is 0 Å². The fraction of sp³-hybridized carbons (Fsp3) is 0.636. The summed E-state index contributed by atoms with van der Waals surface area (Å²) in [6.45, 7) is 1.97. The molecule has 0 amide bonds. The summed E-state index contributed by atoms with van der Waals surface area (Å²) in [4.78, 5) is 8.33. The topological polar surface area (TPSA) is 75.9 Å².